The van der Waals surface area contributed by atoms with Crippen LogP contribution in [0.15, 0.2) is 60.7 Å². The number of hydrogen-bond acceptors (Lipinski definition) is 4. The molecular weight excluding hydrogens is 350 g/mol. The number of aromatic nitrogens is 3. The van der Waals surface area contributed by atoms with E-state index in [4.69, 9.17) is 15.9 Å². The van der Waals surface area contributed by atoms with Gasteiger partial charge in [-0.3, -0.25) is 5.41 Å². The number of nitrogens with one attached hydrogen (secondary N) is 1. The first-order valence-corrected chi connectivity index (χ1v) is 9.01. The Labute approximate surface area is 163 Å². The summed E-state index contributed by atoms with van der Waals surface area (Å²) < 4.78 is 7.76. The van der Waals surface area contributed by atoms with Crippen molar-refractivity contribution in [2.75, 3.05) is 0 Å². The molecule has 0 saturated carbocycles. The van der Waals surface area contributed by atoms with Crippen LogP contribution in [0.3, 0.4) is 0 Å². The molecule has 2 heterocycles. The molecule has 0 unspecified atom stereocenters. The first-order valence-electron chi connectivity index (χ1n) is 9.01. The zero-order chi connectivity index (χ0) is 19.7. The summed E-state index contributed by atoms with van der Waals surface area (Å²) in [6.45, 7) is 4.30. The molecular formula is C22H21N5O. The second-order valence-corrected chi connectivity index (χ2v) is 6.74. The maximum atomic E-state index is 7.94. The van der Waals surface area contributed by atoms with E-state index in [1.807, 2.05) is 68.4 Å². The van der Waals surface area contributed by atoms with Gasteiger partial charge in [-0.05, 0) is 37.6 Å². The molecule has 0 radical (unpaired) electrons. The maximum absolute atomic E-state index is 7.94. The van der Waals surface area contributed by atoms with Crippen molar-refractivity contribution in [2.24, 2.45) is 5.73 Å². The van der Waals surface area contributed by atoms with E-state index in [2.05, 4.69) is 16.1 Å². The molecule has 2 aromatic carbocycles. The number of amidine groups is 1. The molecule has 0 fully saturated rings. The van der Waals surface area contributed by atoms with Gasteiger partial charge in [0.2, 0.25) is 5.88 Å². The van der Waals surface area contributed by atoms with E-state index in [9.17, 15) is 0 Å². The number of ether oxygens (including phenoxy) is 1. The summed E-state index contributed by atoms with van der Waals surface area (Å²) in [7, 11) is 0. The predicted octanol–water partition coefficient (Wildman–Crippen LogP) is 3.90. The molecule has 140 valence electrons. The molecule has 6 heteroatoms. The average molecular weight is 371 g/mol. The van der Waals surface area contributed by atoms with Crippen molar-refractivity contribution in [1.82, 2.24) is 14.8 Å². The summed E-state index contributed by atoms with van der Waals surface area (Å²) in [5.74, 6) is 0.249. The third kappa shape index (κ3) is 3.32. The molecule has 3 N–H and O–H groups in total. The normalized spacial score (nSPS) is 10.9. The minimum absolute atomic E-state index is 0.0829. The molecule has 4 rings (SSSR count). The van der Waals surface area contributed by atoms with Crippen LogP contribution in [0.4, 0.5) is 0 Å². The fourth-order valence-electron chi connectivity index (χ4n) is 3.17. The largest absolute Gasteiger partial charge is 0.472 e. The summed E-state index contributed by atoms with van der Waals surface area (Å²) in [6.07, 6.45) is 0. The van der Waals surface area contributed by atoms with Gasteiger partial charge in [-0.2, -0.15) is 10.1 Å². The Balaban J connectivity index is 1.80. The van der Waals surface area contributed by atoms with Crippen LogP contribution < -0.4 is 10.5 Å². The molecule has 0 spiro atoms. The zero-order valence-electron chi connectivity index (χ0n) is 15.8. The van der Waals surface area contributed by atoms with Crippen LogP contribution >= 0.6 is 0 Å². The van der Waals surface area contributed by atoms with E-state index in [1.165, 1.54) is 0 Å². The van der Waals surface area contributed by atoms with Crippen molar-refractivity contribution in [1.29, 1.82) is 5.41 Å². The third-order valence-corrected chi connectivity index (χ3v) is 4.56. The van der Waals surface area contributed by atoms with Crippen molar-refractivity contribution >= 4 is 16.9 Å². The molecule has 0 bridgehead atoms. The summed E-state index contributed by atoms with van der Waals surface area (Å²) in [4.78, 5) is 4.69. The summed E-state index contributed by atoms with van der Waals surface area (Å²) in [5.41, 5.74) is 10.9. The van der Waals surface area contributed by atoms with E-state index < -0.39 is 0 Å². The average Bonchev–Trinajstić information content (AvgIpc) is 3.02. The van der Waals surface area contributed by atoms with Gasteiger partial charge in [0.25, 0.3) is 0 Å². The zero-order valence-corrected chi connectivity index (χ0v) is 15.8. The highest BCUT2D eigenvalue weighted by Gasteiger charge is 2.17. The van der Waals surface area contributed by atoms with Crippen LogP contribution in [-0.2, 0) is 6.61 Å². The molecule has 2 aromatic heterocycles. The van der Waals surface area contributed by atoms with Gasteiger partial charge in [-0.15, -0.1) is 0 Å². The summed E-state index contributed by atoms with van der Waals surface area (Å²) in [6, 6.07) is 19.7. The Morgan fingerprint density at radius 2 is 1.86 bits per heavy atom. The quantitative estimate of drug-likeness (QED) is 0.411. The van der Waals surface area contributed by atoms with Crippen molar-refractivity contribution in [2.45, 2.75) is 20.5 Å². The number of hydrogen-bond donors (Lipinski definition) is 2. The highest BCUT2D eigenvalue weighted by Crippen LogP contribution is 2.27. The number of rotatable bonds is 5. The Bertz CT molecular complexity index is 1160. The van der Waals surface area contributed by atoms with E-state index in [-0.39, 0.29) is 5.84 Å². The number of nitrogens with zero attached hydrogens (tertiary/aromatic N) is 3. The van der Waals surface area contributed by atoms with Crippen LogP contribution in [0.2, 0.25) is 0 Å². The smallest absolute Gasteiger partial charge is 0.226 e. The van der Waals surface area contributed by atoms with Crippen molar-refractivity contribution in [3.05, 3.63) is 83.0 Å². The van der Waals surface area contributed by atoms with Crippen LogP contribution in [0.1, 0.15) is 22.4 Å². The fraction of sp³-hybridized carbons (Fsp3) is 0.136. The summed E-state index contributed by atoms with van der Waals surface area (Å²) >= 11 is 0. The molecule has 0 saturated heterocycles. The Morgan fingerprint density at radius 1 is 1.07 bits per heavy atom. The van der Waals surface area contributed by atoms with E-state index in [0.29, 0.717) is 23.7 Å². The standard InChI is InChI=1S/C22H21N5O/c1-14-7-6-8-16(11-14)13-28-22-19(20(23)24)12-18-15(2)26-27(21(18)25-22)17-9-4-3-5-10-17/h3-12H,13H2,1-2H3,(H3,23,24). The Hall–Kier alpha value is -3.67. The number of fused-ring (bicyclic) bond motifs is 1. The van der Waals surface area contributed by atoms with Gasteiger partial charge >= 0.3 is 0 Å². The molecule has 6 nitrogen and oxygen atoms in total. The Kier molecular flexibility index (Phi) is 4.53. The van der Waals surface area contributed by atoms with Gasteiger partial charge in [0.05, 0.1) is 16.9 Å². The number of pyridine rings is 1. The van der Waals surface area contributed by atoms with Crippen LogP contribution in [-0.4, -0.2) is 20.6 Å². The third-order valence-electron chi connectivity index (χ3n) is 4.56. The minimum atomic E-state index is -0.0829. The van der Waals surface area contributed by atoms with Gasteiger partial charge in [0.1, 0.15) is 12.4 Å². The van der Waals surface area contributed by atoms with Crippen molar-refractivity contribution in [3.63, 3.8) is 0 Å². The lowest BCUT2D eigenvalue weighted by Crippen LogP contribution is -2.14. The minimum Gasteiger partial charge on any atom is -0.472 e. The second kappa shape index (κ2) is 7.15. The number of para-hydroxylation sites is 1. The molecule has 4 aromatic rings. The summed E-state index contributed by atoms with van der Waals surface area (Å²) in [5, 5.41) is 13.4. The first-order chi connectivity index (χ1) is 13.5. The molecule has 0 amide bonds. The van der Waals surface area contributed by atoms with Gasteiger partial charge in [-0.25, -0.2) is 4.68 Å². The van der Waals surface area contributed by atoms with Crippen molar-refractivity contribution in [3.8, 4) is 11.6 Å². The second-order valence-electron chi connectivity index (χ2n) is 6.74. The van der Waals surface area contributed by atoms with E-state index in [0.717, 1.165) is 27.9 Å². The van der Waals surface area contributed by atoms with Crippen LogP contribution in [0.5, 0.6) is 5.88 Å². The molecule has 0 aliphatic heterocycles. The lowest BCUT2D eigenvalue weighted by Gasteiger charge is -2.11. The van der Waals surface area contributed by atoms with E-state index >= 15 is 0 Å². The van der Waals surface area contributed by atoms with Crippen molar-refractivity contribution < 1.29 is 4.74 Å². The van der Waals surface area contributed by atoms with Crippen LogP contribution in [0, 0.1) is 19.3 Å². The highest BCUT2D eigenvalue weighted by molar-refractivity contribution is 6.00. The Morgan fingerprint density at radius 3 is 2.57 bits per heavy atom. The number of aryl methyl sites for hydroxylation is 2. The van der Waals surface area contributed by atoms with Crippen LogP contribution in [0.25, 0.3) is 16.7 Å². The van der Waals surface area contributed by atoms with Gasteiger partial charge in [0.15, 0.2) is 5.65 Å². The number of benzene rings is 2. The monoisotopic (exact) mass is 371 g/mol. The first kappa shape index (κ1) is 17.7. The molecule has 28 heavy (non-hydrogen) atoms. The number of nitrogen functional groups attached to an aromatic ring is 1. The van der Waals surface area contributed by atoms with Gasteiger partial charge < -0.3 is 10.5 Å². The predicted molar refractivity (Wildman–Crippen MR) is 110 cm³/mol. The lowest BCUT2D eigenvalue weighted by molar-refractivity contribution is 0.294. The lowest BCUT2D eigenvalue weighted by atomic mass is 10.1. The fourth-order valence-corrected chi connectivity index (χ4v) is 3.17. The maximum Gasteiger partial charge on any atom is 0.226 e. The van der Waals surface area contributed by atoms with Gasteiger partial charge in [-0.1, -0.05) is 48.0 Å². The number of nitrogens with two attached hydrogens (primary N) is 1. The molecule has 0 atom stereocenters. The molecule has 0 aliphatic rings. The van der Waals surface area contributed by atoms with E-state index in [1.54, 1.807) is 4.68 Å². The highest BCUT2D eigenvalue weighted by atomic mass is 16.5. The molecule has 0 aliphatic carbocycles. The van der Waals surface area contributed by atoms with Gasteiger partial charge in [0, 0.05) is 5.39 Å². The SMILES string of the molecule is Cc1cccc(COc2nc3c(cc2C(=N)N)c(C)nn3-c2ccccc2)c1. The topological polar surface area (TPSA) is 89.8 Å².